The number of hydrogen-bond acceptors (Lipinski definition) is 3. The number of fused-ring (bicyclic) bond motifs is 6. The molecule has 4 aliphatic heterocycles. The summed E-state index contributed by atoms with van der Waals surface area (Å²) in [5, 5.41) is 5.36. The molecule has 2 aromatic rings. The van der Waals surface area contributed by atoms with Gasteiger partial charge in [0, 0.05) is 41.3 Å². The summed E-state index contributed by atoms with van der Waals surface area (Å²) in [5.74, 6) is 1.98. The molecular formula is C21H29N3O. The van der Waals surface area contributed by atoms with Crippen LogP contribution in [0.1, 0.15) is 37.3 Å². The molecule has 3 fully saturated rings. The van der Waals surface area contributed by atoms with Gasteiger partial charge in [-0.25, -0.2) is 0 Å². The third kappa shape index (κ3) is 2.85. The zero-order valence-electron chi connectivity index (χ0n) is 15.2. The minimum absolute atomic E-state index is 0.505. The van der Waals surface area contributed by atoms with E-state index in [9.17, 15) is 0 Å². The molecule has 4 aliphatic rings. The van der Waals surface area contributed by atoms with Crippen LogP contribution in [0.15, 0.2) is 18.3 Å². The van der Waals surface area contributed by atoms with Crippen molar-refractivity contribution in [3.8, 4) is 5.75 Å². The minimum Gasteiger partial charge on any atom is -0.493 e. The number of nitrogens with zero attached hydrogens (tertiary/aromatic N) is 1. The van der Waals surface area contributed by atoms with Crippen molar-refractivity contribution in [2.24, 2.45) is 5.92 Å². The Morgan fingerprint density at radius 2 is 2.20 bits per heavy atom. The van der Waals surface area contributed by atoms with Crippen LogP contribution in [-0.2, 0) is 12.8 Å². The van der Waals surface area contributed by atoms with E-state index in [0.717, 1.165) is 37.5 Å². The monoisotopic (exact) mass is 339 g/mol. The maximum Gasteiger partial charge on any atom is 0.123 e. The molecule has 0 spiro atoms. The van der Waals surface area contributed by atoms with Gasteiger partial charge in [0.2, 0.25) is 0 Å². The number of rotatable bonds is 4. The van der Waals surface area contributed by atoms with Crippen LogP contribution < -0.4 is 10.1 Å². The highest BCUT2D eigenvalue weighted by atomic mass is 16.5. The van der Waals surface area contributed by atoms with Gasteiger partial charge in [0.25, 0.3) is 0 Å². The van der Waals surface area contributed by atoms with Gasteiger partial charge in [0.05, 0.1) is 6.61 Å². The van der Waals surface area contributed by atoms with Crippen LogP contribution in [0.5, 0.6) is 5.75 Å². The second-order valence-electron chi connectivity index (χ2n) is 8.25. The van der Waals surface area contributed by atoms with Crippen molar-refractivity contribution in [3.63, 3.8) is 0 Å². The first-order valence-electron chi connectivity index (χ1n) is 10.0. The lowest BCUT2D eigenvalue weighted by atomic mass is 9.83. The first-order valence-corrected chi connectivity index (χ1v) is 10.0. The van der Waals surface area contributed by atoms with Gasteiger partial charge in [0.1, 0.15) is 5.75 Å². The van der Waals surface area contributed by atoms with E-state index in [0.29, 0.717) is 12.1 Å². The first-order chi connectivity index (χ1) is 12.3. The van der Waals surface area contributed by atoms with Gasteiger partial charge in [-0.1, -0.05) is 0 Å². The highest BCUT2D eigenvalue weighted by molar-refractivity contribution is 5.89. The number of aromatic amines is 1. The van der Waals surface area contributed by atoms with Crippen molar-refractivity contribution >= 4 is 10.9 Å². The van der Waals surface area contributed by atoms with E-state index in [2.05, 4.69) is 40.5 Å². The predicted octanol–water partition coefficient (Wildman–Crippen LogP) is 3.11. The van der Waals surface area contributed by atoms with Crippen LogP contribution in [0.3, 0.4) is 0 Å². The molecule has 0 saturated carbocycles. The van der Waals surface area contributed by atoms with Crippen molar-refractivity contribution in [1.82, 2.24) is 15.2 Å². The first kappa shape index (κ1) is 15.7. The number of nitrogens with one attached hydrogen (secondary N) is 2. The molecular weight excluding hydrogens is 310 g/mol. The molecule has 0 aliphatic carbocycles. The van der Waals surface area contributed by atoms with Gasteiger partial charge in [0.15, 0.2) is 0 Å². The van der Waals surface area contributed by atoms with Crippen LogP contribution in [0.2, 0.25) is 0 Å². The highest BCUT2D eigenvalue weighted by Crippen LogP contribution is 2.34. The molecule has 2 bridgehead atoms. The molecule has 25 heavy (non-hydrogen) atoms. The average Bonchev–Trinajstić information content (AvgIpc) is 3.06. The largest absolute Gasteiger partial charge is 0.493 e. The summed E-state index contributed by atoms with van der Waals surface area (Å²) in [6.07, 6.45) is 8.32. The molecule has 6 rings (SSSR count). The fourth-order valence-electron chi connectivity index (χ4n) is 5.24. The number of H-pyrrole nitrogens is 1. The number of aromatic nitrogens is 1. The number of benzene rings is 1. The highest BCUT2D eigenvalue weighted by Gasteiger charge is 2.34. The summed E-state index contributed by atoms with van der Waals surface area (Å²) < 4.78 is 5.88. The Hall–Kier alpha value is -1.52. The number of piperidine rings is 3. The SMILES string of the molecule is CC(Cc1c[nH]c2ccc3c(c12)CCCO3)NC1CN2CCC1CC2. The van der Waals surface area contributed by atoms with Crippen LogP contribution in [0.25, 0.3) is 10.9 Å². The van der Waals surface area contributed by atoms with Gasteiger partial charge in [-0.2, -0.15) is 0 Å². The third-order valence-electron chi connectivity index (χ3n) is 6.50. The predicted molar refractivity (Wildman–Crippen MR) is 101 cm³/mol. The standard InChI is InChI=1S/C21H29N3O/c1-14(23-19-13-24-8-6-15(19)7-9-24)11-16-12-22-18-4-5-20-17(21(16)18)3-2-10-25-20/h4-5,12,14-15,19,22-23H,2-3,6-11,13H2,1H3. The molecule has 2 atom stereocenters. The maximum atomic E-state index is 5.88. The summed E-state index contributed by atoms with van der Waals surface area (Å²) in [4.78, 5) is 6.11. The molecule has 2 N–H and O–H groups in total. The van der Waals surface area contributed by atoms with Gasteiger partial charge in [-0.15, -0.1) is 0 Å². The Morgan fingerprint density at radius 3 is 3.00 bits per heavy atom. The van der Waals surface area contributed by atoms with E-state index in [4.69, 9.17) is 4.74 Å². The average molecular weight is 339 g/mol. The van der Waals surface area contributed by atoms with Crippen LogP contribution in [0.4, 0.5) is 0 Å². The van der Waals surface area contributed by atoms with Crippen LogP contribution in [0, 0.1) is 5.92 Å². The molecule has 1 aromatic carbocycles. The van der Waals surface area contributed by atoms with E-state index in [1.165, 1.54) is 54.5 Å². The van der Waals surface area contributed by atoms with E-state index >= 15 is 0 Å². The van der Waals surface area contributed by atoms with Crippen LogP contribution in [-0.4, -0.2) is 48.2 Å². The quantitative estimate of drug-likeness (QED) is 0.899. The Morgan fingerprint density at radius 1 is 1.32 bits per heavy atom. The lowest BCUT2D eigenvalue weighted by Gasteiger charge is -2.46. The zero-order valence-corrected chi connectivity index (χ0v) is 15.2. The molecule has 3 saturated heterocycles. The number of aryl methyl sites for hydroxylation is 1. The normalized spacial score (nSPS) is 29.4. The van der Waals surface area contributed by atoms with Crippen molar-refractivity contribution in [2.45, 2.75) is 51.1 Å². The molecule has 4 nitrogen and oxygen atoms in total. The fourth-order valence-corrected chi connectivity index (χ4v) is 5.24. The smallest absolute Gasteiger partial charge is 0.123 e. The van der Waals surface area contributed by atoms with Gasteiger partial charge in [-0.3, -0.25) is 0 Å². The molecule has 5 heterocycles. The third-order valence-corrected chi connectivity index (χ3v) is 6.50. The maximum absolute atomic E-state index is 5.88. The second-order valence-corrected chi connectivity index (χ2v) is 8.25. The Labute approximate surface area is 149 Å². The molecule has 4 heteroatoms. The lowest BCUT2D eigenvalue weighted by Crippen LogP contribution is -2.57. The van der Waals surface area contributed by atoms with Crippen molar-refractivity contribution < 1.29 is 4.74 Å². The van der Waals surface area contributed by atoms with Crippen molar-refractivity contribution in [1.29, 1.82) is 0 Å². The summed E-state index contributed by atoms with van der Waals surface area (Å²) in [7, 11) is 0. The summed E-state index contributed by atoms with van der Waals surface area (Å²) in [5.41, 5.74) is 4.11. The summed E-state index contributed by atoms with van der Waals surface area (Å²) in [6.45, 7) is 7.07. The van der Waals surface area contributed by atoms with Gasteiger partial charge < -0.3 is 19.9 Å². The Bertz CT molecular complexity index is 760. The topological polar surface area (TPSA) is 40.3 Å². The minimum atomic E-state index is 0.505. The Kier molecular flexibility index (Phi) is 3.98. The van der Waals surface area contributed by atoms with E-state index in [-0.39, 0.29) is 0 Å². The molecule has 2 unspecified atom stereocenters. The number of hydrogen-bond donors (Lipinski definition) is 2. The van der Waals surface area contributed by atoms with Crippen molar-refractivity contribution in [2.75, 3.05) is 26.2 Å². The zero-order chi connectivity index (χ0) is 16.8. The lowest BCUT2D eigenvalue weighted by molar-refractivity contribution is 0.0681. The molecule has 0 radical (unpaired) electrons. The van der Waals surface area contributed by atoms with Gasteiger partial charge in [-0.05, 0) is 75.7 Å². The fraction of sp³-hybridized carbons (Fsp3) is 0.619. The van der Waals surface area contributed by atoms with Crippen molar-refractivity contribution in [3.05, 3.63) is 29.5 Å². The molecule has 134 valence electrons. The Balaban J connectivity index is 1.35. The van der Waals surface area contributed by atoms with E-state index in [1.807, 2.05) is 0 Å². The second kappa shape index (κ2) is 6.33. The summed E-state index contributed by atoms with van der Waals surface area (Å²) >= 11 is 0. The van der Waals surface area contributed by atoms with Crippen LogP contribution >= 0.6 is 0 Å². The molecule has 1 aromatic heterocycles. The van der Waals surface area contributed by atoms with E-state index < -0.39 is 0 Å². The number of ether oxygens (including phenoxy) is 1. The van der Waals surface area contributed by atoms with E-state index in [1.54, 1.807) is 0 Å². The summed E-state index contributed by atoms with van der Waals surface area (Å²) in [6, 6.07) is 5.49. The molecule has 0 amide bonds. The van der Waals surface area contributed by atoms with Gasteiger partial charge >= 0.3 is 0 Å².